The monoisotopic (exact) mass is 371 g/mol. The molecule has 0 saturated carbocycles. The van der Waals surface area contributed by atoms with Crippen molar-refractivity contribution in [3.05, 3.63) is 70.4 Å². The minimum atomic E-state index is -0.684. The molecule has 25 heavy (non-hydrogen) atoms. The van der Waals surface area contributed by atoms with Crippen LogP contribution in [0.5, 0.6) is 0 Å². The van der Waals surface area contributed by atoms with Crippen LogP contribution in [-0.4, -0.2) is 17.6 Å². The van der Waals surface area contributed by atoms with Gasteiger partial charge in [0, 0.05) is 21.2 Å². The SMILES string of the molecule is CC[C@H](C(=O)NC[C@@H](O)c1ccc(-c2cccs2)s1)c1ccccc1. The van der Waals surface area contributed by atoms with E-state index in [2.05, 4.69) is 11.4 Å². The van der Waals surface area contributed by atoms with Gasteiger partial charge in [-0.1, -0.05) is 43.3 Å². The molecule has 5 heteroatoms. The third-order valence-corrected chi connectivity index (χ3v) is 6.37. The van der Waals surface area contributed by atoms with E-state index in [-0.39, 0.29) is 18.4 Å². The molecule has 3 rings (SSSR count). The van der Waals surface area contributed by atoms with Crippen molar-refractivity contribution >= 4 is 28.6 Å². The first-order chi connectivity index (χ1) is 12.2. The molecule has 0 saturated heterocycles. The van der Waals surface area contributed by atoms with Gasteiger partial charge in [-0.05, 0) is 35.6 Å². The Morgan fingerprint density at radius 1 is 1.08 bits per heavy atom. The summed E-state index contributed by atoms with van der Waals surface area (Å²) in [6.45, 7) is 2.23. The zero-order valence-corrected chi connectivity index (χ0v) is 15.6. The largest absolute Gasteiger partial charge is 0.386 e. The summed E-state index contributed by atoms with van der Waals surface area (Å²) in [7, 11) is 0. The third-order valence-electron chi connectivity index (χ3n) is 4.12. The Morgan fingerprint density at radius 2 is 1.88 bits per heavy atom. The third kappa shape index (κ3) is 4.37. The van der Waals surface area contributed by atoms with Crippen molar-refractivity contribution in [3.63, 3.8) is 0 Å². The van der Waals surface area contributed by atoms with E-state index >= 15 is 0 Å². The molecule has 1 amide bonds. The predicted octanol–water partition coefficient (Wildman–Crippen LogP) is 4.82. The highest BCUT2D eigenvalue weighted by atomic mass is 32.1. The summed E-state index contributed by atoms with van der Waals surface area (Å²) in [6.07, 6.45) is 0.0453. The number of nitrogens with one attached hydrogen (secondary N) is 1. The van der Waals surface area contributed by atoms with Crippen LogP contribution in [0.1, 0.15) is 35.8 Å². The second-order valence-corrected chi connectivity index (χ2v) is 7.87. The van der Waals surface area contributed by atoms with Gasteiger partial charge in [0.1, 0.15) is 6.10 Å². The summed E-state index contributed by atoms with van der Waals surface area (Å²) >= 11 is 3.25. The molecule has 0 aliphatic rings. The zero-order chi connectivity index (χ0) is 17.6. The Bertz CT molecular complexity index is 796. The van der Waals surface area contributed by atoms with Crippen molar-refractivity contribution in [1.82, 2.24) is 5.32 Å². The van der Waals surface area contributed by atoms with Crippen LogP contribution in [0.3, 0.4) is 0 Å². The quantitative estimate of drug-likeness (QED) is 0.625. The maximum Gasteiger partial charge on any atom is 0.227 e. The molecule has 1 aromatic carbocycles. The minimum Gasteiger partial charge on any atom is -0.386 e. The van der Waals surface area contributed by atoms with Gasteiger partial charge >= 0.3 is 0 Å². The lowest BCUT2D eigenvalue weighted by Crippen LogP contribution is -2.32. The molecule has 2 aromatic heterocycles. The summed E-state index contributed by atoms with van der Waals surface area (Å²) in [5, 5.41) is 15.3. The lowest BCUT2D eigenvalue weighted by atomic mass is 9.95. The minimum absolute atomic E-state index is 0.0391. The van der Waals surface area contributed by atoms with E-state index in [1.165, 1.54) is 4.88 Å². The Morgan fingerprint density at radius 3 is 2.56 bits per heavy atom. The van der Waals surface area contributed by atoms with Crippen molar-refractivity contribution < 1.29 is 9.90 Å². The normalized spacial score (nSPS) is 13.4. The summed E-state index contributed by atoms with van der Waals surface area (Å²) in [6, 6.07) is 17.8. The van der Waals surface area contributed by atoms with Crippen molar-refractivity contribution in [2.45, 2.75) is 25.4 Å². The van der Waals surface area contributed by atoms with Crippen molar-refractivity contribution in [1.29, 1.82) is 0 Å². The molecule has 2 N–H and O–H groups in total. The van der Waals surface area contributed by atoms with E-state index in [1.807, 2.05) is 60.8 Å². The van der Waals surface area contributed by atoms with Gasteiger partial charge in [0.25, 0.3) is 0 Å². The summed E-state index contributed by atoms with van der Waals surface area (Å²) < 4.78 is 0. The van der Waals surface area contributed by atoms with Gasteiger partial charge in [0.05, 0.1) is 5.92 Å². The standard InChI is InChI=1S/C20H21NO2S2/c1-2-15(14-7-4-3-5-8-14)20(23)21-13-16(22)17-10-11-19(25-17)18-9-6-12-24-18/h3-12,15-16,22H,2,13H2,1H3,(H,21,23)/t15-,16+/m0/s1. The number of hydrogen-bond acceptors (Lipinski definition) is 4. The lowest BCUT2D eigenvalue weighted by Gasteiger charge is -2.17. The number of carbonyl (C=O) groups excluding carboxylic acids is 1. The fourth-order valence-electron chi connectivity index (χ4n) is 2.76. The van der Waals surface area contributed by atoms with Crippen LogP contribution in [0.2, 0.25) is 0 Å². The molecule has 2 heterocycles. The van der Waals surface area contributed by atoms with E-state index in [4.69, 9.17) is 0 Å². The molecule has 3 nitrogen and oxygen atoms in total. The van der Waals surface area contributed by atoms with Gasteiger partial charge in [0.15, 0.2) is 0 Å². The van der Waals surface area contributed by atoms with Gasteiger partial charge in [-0.15, -0.1) is 22.7 Å². The van der Waals surface area contributed by atoms with Crippen LogP contribution < -0.4 is 5.32 Å². The number of rotatable bonds is 7. The number of aliphatic hydroxyl groups excluding tert-OH is 1. The highest BCUT2D eigenvalue weighted by Crippen LogP contribution is 2.33. The molecule has 0 aliphatic heterocycles. The van der Waals surface area contributed by atoms with Gasteiger partial charge in [0.2, 0.25) is 5.91 Å². The van der Waals surface area contributed by atoms with Gasteiger partial charge < -0.3 is 10.4 Å². The van der Waals surface area contributed by atoms with Crippen LogP contribution in [0.25, 0.3) is 9.75 Å². The van der Waals surface area contributed by atoms with E-state index in [0.29, 0.717) is 0 Å². The van der Waals surface area contributed by atoms with Crippen LogP contribution >= 0.6 is 22.7 Å². The molecule has 0 aliphatic carbocycles. The van der Waals surface area contributed by atoms with E-state index in [9.17, 15) is 9.90 Å². The highest BCUT2D eigenvalue weighted by Gasteiger charge is 2.20. The molecular formula is C20H21NO2S2. The fraction of sp³-hybridized carbons (Fsp3) is 0.250. The number of thiophene rings is 2. The maximum absolute atomic E-state index is 12.5. The average Bonchev–Trinajstić information content (AvgIpc) is 3.32. The molecule has 0 radical (unpaired) electrons. The average molecular weight is 372 g/mol. The Balaban J connectivity index is 1.60. The van der Waals surface area contributed by atoms with Crippen molar-refractivity contribution in [3.8, 4) is 9.75 Å². The number of amides is 1. The van der Waals surface area contributed by atoms with Crippen LogP contribution in [0.15, 0.2) is 60.0 Å². The molecule has 0 spiro atoms. The van der Waals surface area contributed by atoms with Gasteiger partial charge in [-0.3, -0.25) is 4.79 Å². The summed E-state index contributed by atoms with van der Waals surface area (Å²) in [5.74, 6) is -0.221. The van der Waals surface area contributed by atoms with Gasteiger partial charge in [-0.25, -0.2) is 0 Å². The van der Waals surface area contributed by atoms with Crippen molar-refractivity contribution in [2.75, 3.05) is 6.54 Å². The Kier molecular flexibility index (Phi) is 6.02. The number of aliphatic hydroxyl groups is 1. The van der Waals surface area contributed by atoms with Crippen LogP contribution in [0.4, 0.5) is 0 Å². The number of carbonyl (C=O) groups is 1. The molecular weight excluding hydrogens is 350 g/mol. The number of hydrogen-bond donors (Lipinski definition) is 2. The van der Waals surface area contributed by atoms with Crippen LogP contribution in [-0.2, 0) is 4.79 Å². The topological polar surface area (TPSA) is 49.3 Å². The van der Waals surface area contributed by atoms with Crippen molar-refractivity contribution in [2.24, 2.45) is 0 Å². The molecule has 0 bridgehead atoms. The fourth-order valence-corrected chi connectivity index (χ4v) is 4.59. The number of benzene rings is 1. The Labute approximate surface area is 156 Å². The smallest absolute Gasteiger partial charge is 0.227 e. The first-order valence-electron chi connectivity index (χ1n) is 8.33. The zero-order valence-electron chi connectivity index (χ0n) is 14.0. The molecule has 0 unspecified atom stereocenters. The van der Waals surface area contributed by atoms with Crippen LogP contribution in [0, 0.1) is 0 Å². The molecule has 2 atom stereocenters. The molecule has 0 fully saturated rings. The second-order valence-electron chi connectivity index (χ2n) is 5.81. The second kappa shape index (κ2) is 8.43. The summed E-state index contributed by atoms with van der Waals surface area (Å²) in [5.41, 5.74) is 1.01. The maximum atomic E-state index is 12.5. The van der Waals surface area contributed by atoms with Gasteiger partial charge in [-0.2, -0.15) is 0 Å². The molecule has 3 aromatic rings. The lowest BCUT2D eigenvalue weighted by molar-refractivity contribution is -0.123. The highest BCUT2D eigenvalue weighted by molar-refractivity contribution is 7.21. The Hall–Kier alpha value is -1.95. The van der Waals surface area contributed by atoms with E-state index in [0.717, 1.165) is 21.7 Å². The first-order valence-corrected chi connectivity index (χ1v) is 10.0. The first kappa shape index (κ1) is 17.9. The molecule has 130 valence electrons. The predicted molar refractivity (Wildman–Crippen MR) is 105 cm³/mol. The van der Waals surface area contributed by atoms with E-state index < -0.39 is 6.10 Å². The van der Waals surface area contributed by atoms with E-state index in [1.54, 1.807) is 22.7 Å². The summed E-state index contributed by atoms with van der Waals surface area (Å²) in [4.78, 5) is 15.7.